The summed E-state index contributed by atoms with van der Waals surface area (Å²) >= 11 is 0. The van der Waals surface area contributed by atoms with Crippen LogP contribution < -0.4 is 5.73 Å². The molecule has 1 fully saturated rings. The van der Waals surface area contributed by atoms with Crippen molar-refractivity contribution in [2.75, 3.05) is 25.1 Å². The fourth-order valence-electron chi connectivity index (χ4n) is 2.70. The molecule has 2 heterocycles. The molecule has 0 aliphatic carbocycles. The fourth-order valence-corrected chi connectivity index (χ4v) is 4.48. The molecule has 7 heteroatoms. The summed E-state index contributed by atoms with van der Waals surface area (Å²) in [4.78, 5) is 2.09. The van der Waals surface area contributed by atoms with Crippen LogP contribution in [0.5, 0.6) is 0 Å². The zero-order valence-corrected chi connectivity index (χ0v) is 13.2. The van der Waals surface area contributed by atoms with Crippen molar-refractivity contribution in [3.63, 3.8) is 0 Å². The van der Waals surface area contributed by atoms with Crippen LogP contribution in [0.1, 0.15) is 37.9 Å². The quantitative estimate of drug-likeness (QED) is 0.860. The van der Waals surface area contributed by atoms with Crippen LogP contribution in [0.2, 0.25) is 0 Å². The molecule has 0 spiro atoms. The summed E-state index contributed by atoms with van der Waals surface area (Å²) in [5, 5.41) is 4.34. The van der Waals surface area contributed by atoms with Crippen molar-refractivity contribution >= 4 is 9.84 Å². The van der Waals surface area contributed by atoms with Gasteiger partial charge >= 0.3 is 0 Å². The predicted octanol–water partition coefficient (Wildman–Crippen LogP) is 0.583. The Morgan fingerprint density at radius 1 is 1.55 bits per heavy atom. The van der Waals surface area contributed by atoms with E-state index in [1.54, 1.807) is 0 Å². The first kappa shape index (κ1) is 15.5. The smallest absolute Gasteiger partial charge is 0.151 e. The Kier molecular flexibility index (Phi) is 4.51. The van der Waals surface area contributed by atoms with E-state index >= 15 is 0 Å². The average Bonchev–Trinajstić information content (AvgIpc) is 2.97. The molecule has 1 aromatic rings. The van der Waals surface area contributed by atoms with Crippen LogP contribution >= 0.6 is 0 Å². The lowest BCUT2D eigenvalue weighted by atomic mass is 10.1. The minimum absolute atomic E-state index is 0.0146. The second kappa shape index (κ2) is 5.83. The molecular formula is C13H24N4O2S. The van der Waals surface area contributed by atoms with Crippen LogP contribution in [0, 0.1) is 0 Å². The monoisotopic (exact) mass is 300 g/mol. The van der Waals surface area contributed by atoms with Crippen molar-refractivity contribution in [2.24, 2.45) is 5.73 Å². The van der Waals surface area contributed by atoms with E-state index in [1.165, 1.54) is 0 Å². The van der Waals surface area contributed by atoms with Gasteiger partial charge in [-0.2, -0.15) is 5.10 Å². The molecule has 0 saturated carbocycles. The van der Waals surface area contributed by atoms with Gasteiger partial charge in [0.2, 0.25) is 0 Å². The zero-order chi connectivity index (χ0) is 14.9. The second-order valence-electron chi connectivity index (χ2n) is 5.82. The number of nitrogens with zero attached hydrogens (tertiary/aromatic N) is 3. The topological polar surface area (TPSA) is 81.2 Å². The van der Waals surface area contributed by atoms with E-state index in [-0.39, 0.29) is 23.6 Å². The standard InChI is InChI=1S/C13H24N4O2S/c1-10(2)17-8-11(7-15-17)13(6-14)16(3)12-4-5-20(18,19)9-12/h7-8,10,12-13H,4-6,9,14H2,1-3H3. The van der Waals surface area contributed by atoms with Gasteiger partial charge in [0.05, 0.1) is 23.7 Å². The Morgan fingerprint density at radius 3 is 2.70 bits per heavy atom. The van der Waals surface area contributed by atoms with Crippen LogP contribution in [0.15, 0.2) is 12.4 Å². The van der Waals surface area contributed by atoms with Crippen LogP contribution in [0.3, 0.4) is 0 Å². The average molecular weight is 300 g/mol. The summed E-state index contributed by atoms with van der Waals surface area (Å²) in [6.45, 7) is 4.60. The number of hydrogen-bond acceptors (Lipinski definition) is 5. The molecule has 1 aliphatic heterocycles. The molecule has 0 aromatic carbocycles. The van der Waals surface area contributed by atoms with E-state index in [9.17, 15) is 8.42 Å². The van der Waals surface area contributed by atoms with E-state index in [0.29, 0.717) is 19.0 Å². The van der Waals surface area contributed by atoms with Crippen molar-refractivity contribution < 1.29 is 8.42 Å². The van der Waals surface area contributed by atoms with Gasteiger partial charge in [-0.25, -0.2) is 8.42 Å². The molecule has 1 aliphatic rings. The van der Waals surface area contributed by atoms with Gasteiger partial charge in [-0.3, -0.25) is 9.58 Å². The summed E-state index contributed by atoms with van der Waals surface area (Å²) in [6, 6.07) is 0.371. The van der Waals surface area contributed by atoms with E-state index in [2.05, 4.69) is 23.8 Å². The highest BCUT2D eigenvalue weighted by Crippen LogP contribution is 2.26. The molecule has 0 radical (unpaired) electrons. The number of hydrogen-bond donors (Lipinski definition) is 1. The molecular weight excluding hydrogens is 276 g/mol. The third-order valence-electron chi connectivity index (χ3n) is 4.03. The lowest BCUT2D eigenvalue weighted by Crippen LogP contribution is -2.39. The highest BCUT2D eigenvalue weighted by molar-refractivity contribution is 7.91. The first-order chi connectivity index (χ1) is 9.34. The number of nitrogens with two attached hydrogens (primary N) is 1. The van der Waals surface area contributed by atoms with Gasteiger partial charge in [-0.15, -0.1) is 0 Å². The minimum Gasteiger partial charge on any atom is -0.329 e. The Labute approximate surface area is 120 Å². The lowest BCUT2D eigenvalue weighted by molar-refractivity contribution is 0.192. The van der Waals surface area contributed by atoms with Crippen molar-refractivity contribution in [3.05, 3.63) is 18.0 Å². The molecule has 2 N–H and O–H groups in total. The Balaban J connectivity index is 2.14. The first-order valence-corrected chi connectivity index (χ1v) is 8.82. The molecule has 2 rings (SSSR count). The summed E-state index contributed by atoms with van der Waals surface area (Å²) in [7, 11) is -0.922. The maximum atomic E-state index is 11.6. The zero-order valence-electron chi connectivity index (χ0n) is 12.4. The van der Waals surface area contributed by atoms with Crippen LogP contribution in [-0.4, -0.2) is 54.2 Å². The van der Waals surface area contributed by atoms with E-state index in [0.717, 1.165) is 5.56 Å². The van der Waals surface area contributed by atoms with E-state index in [1.807, 2.05) is 24.1 Å². The van der Waals surface area contributed by atoms with Crippen LogP contribution in [-0.2, 0) is 9.84 Å². The van der Waals surface area contributed by atoms with E-state index in [4.69, 9.17) is 5.73 Å². The van der Waals surface area contributed by atoms with Crippen molar-refractivity contribution in [1.82, 2.24) is 14.7 Å². The van der Waals surface area contributed by atoms with Crippen LogP contribution in [0.4, 0.5) is 0 Å². The molecule has 6 nitrogen and oxygen atoms in total. The molecule has 1 saturated heterocycles. The SMILES string of the molecule is CC(C)n1cc(C(CN)N(C)C2CCS(=O)(=O)C2)cn1. The molecule has 114 valence electrons. The number of sulfone groups is 1. The lowest BCUT2D eigenvalue weighted by Gasteiger charge is -2.31. The summed E-state index contributed by atoms with van der Waals surface area (Å²) in [5.74, 6) is 0.517. The molecule has 2 unspecified atom stereocenters. The van der Waals surface area contributed by atoms with Gasteiger partial charge in [-0.1, -0.05) is 0 Å². The normalized spacial score (nSPS) is 23.6. The number of likely N-dealkylation sites (N-methyl/N-ethyl adjacent to an activating group) is 1. The van der Waals surface area contributed by atoms with Gasteiger partial charge in [0.15, 0.2) is 9.84 Å². The Hall–Kier alpha value is -0.920. The van der Waals surface area contributed by atoms with Gasteiger partial charge < -0.3 is 5.73 Å². The molecule has 1 aromatic heterocycles. The minimum atomic E-state index is -2.88. The van der Waals surface area contributed by atoms with Gasteiger partial charge in [0.25, 0.3) is 0 Å². The maximum Gasteiger partial charge on any atom is 0.151 e. The predicted molar refractivity (Wildman–Crippen MR) is 79.2 cm³/mol. The first-order valence-electron chi connectivity index (χ1n) is 7.00. The fraction of sp³-hybridized carbons (Fsp3) is 0.769. The van der Waals surface area contributed by atoms with Crippen LogP contribution in [0.25, 0.3) is 0 Å². The van der Waals surface area contributed by atoms with Crippen molar-refractivity contribution in [2.45, 2.75) is 38.4 Å². The Bertz CT molecular complexity index is 552. The van der Waals surface area contributed by atoms with Crippen molar-refractivity contribution in [3.8, 4) is 0 Å². The molecule has 0 amide bonds. The van der Waals surface area contributed by atoms with Gasteiger partial charge in [0.1, 0.15) is 0 Å². The second-order valence-corrected chi connectivity index (χ2v) is 8.05. The third kappa shape index (κ3) is 3.21. The van der Waals surface area contributed by atoms with Crippen molar-refractivity contribution in [1.29, 1.82) is 0 Å². The summed E-state index contributed by atoms with van der Waals surface area (Å²) in [5.41, 5.74) is 6.95. The third-order valence-corrected chi connectivity index (χ3v) is 5.78. The molecule has 20 heavy (non-hydrogen) atoms. The summed E-state index contributed by atoms with van der Waals surface area (Å²) < 4.78 is 25.1. The molecule has 2 atom stereocenters. The highest BCUT2D eigenvalue weighted by atomic mass is 32.2. The number of rotatable bonds is 5. The van der Waals surface area contributed by atoms with E-state index < -0.39 is 9.84 Å². The maximum absolute atomic E-state index is 11.6. The highest BCUT2D eigenvalue weighted by Gasteiger charge is 2.34. The summed E-state index contributed by atoms with van der Waals surface area (Å²) in [6.07, 6.45) is 4.52. The van der Waals surface area contributed by atoms with Gasteiger partial charge in [-0.05, 0) is 27.3 Å². The van der Waals surface area contributed by atoms with Gasteiger partial charge in [0, 0.05) is 30.4 Å². The Morgan fingerprint density at radius 2 is 2.25 bits per heavy atom. The molecule has 0 bridgehead atoms. The largest absolute Gasteiger partial charge is 0.329 e. The number of aromatic nitrogens is 2.